The second kappa shape index (κ2) is 8.22. The second-order valence-electron chi connectivity index (χ2n) is 5.93. The van der Waals surface area contributed by atoms with Crippen molar-refractivity contribution >= 4 is 22.7 Å². The summed E-state index contributed by atoms with van der Waals surface area (Å²) in [6.45, 7) is 0. The van der Waals surface area contributed by atoms with E-state index in [0.717, 1.165) is 0 Å². The number of hydrogen-bond acceptors (Lipinski definition) is 4. The van der Waals surface area contributed by atoms with Crippen molar-refractivity contribution in [2.75, 3.05) is 0 Å². The van der Waals surface area contributed by atoms with E-state index in [1.54, 1.807) is 24.3 Å². The van der Waals surface area contributed by atoms with Gasteiger partial charge in [0.2, 0.25) is 11.8 Å². The van der Waals surface area contributed by atoms with Crippen LogP contribution in [0.4, 0.5) is 4.39 Å². The van der Waals surface area contributed by atoms with Crippen LogP contribution in [0.15, 0.2) is 53.3 Å². The van der Waals surface area contributed by atoms with E-state index in [0.29, 0.717) is 22.3 Å². The van der Waals surface area contributed by atoms with Gasteiger partial charge in [-0.1, -0.05) is 24.3 Å². The molecule has 138 valence electrons. The molecule has 0 aliphatic rings. The molecule has 3 aromatic rings. The van der Waals surface area contributed by atoms with Gasteiger partial charge in [-0.2, -0.15) is 0 Å². The van der Waals surface area contributed by atoms with Crippen molar-refractivity contribution in [3.63, 3.8) is 0 Å². The molecule has 0 fully saturated rings. The largest absolute Gasteiger partial charge is 0.310 e. The number of hydrogen-bond donors (Lipinski definition) is 3. The second-order valence-corrected chi connectivity index (χ2v) is 5.93. The third-order valence-electron chi connectivity index (χ3n) is 3.87. The minimum atomic E-state index is -0.424. The first kappa shape index (κ1) is 18.2. The van der Waals surface area contributed by atoms with E-state index < -0.39 is 11.8 Å². The number of fused-ring (bicyclic) bond motifs is 1. The number of halogens is 1. The number of aryl methyl sites for hydroxylation is 1. The summed E-state index contributed by atoms with van der Waals surface area (Å²) >= 11 is 0. The van der Waals surface area contributed by atoms with Crippen molar-refractivity contribution in [3.05, 3.63) is 76.1 Å². The molecule has 3 rings (SSSR count). The molecule has 0 atom stereocenters. The van der Waals surface area contributed by atoms with Crippen molar-refractivity contribution in [2.24, 2.45) is 0 Å². The zero-order valence-electron chi connectivity index (χ0n) is 14.3. The lowest BCUT2D eigenvalue weighted by molar-refractivity contribution is -0.128. The fourth-order valence-electron chi connectivity index (χ4n) is 2.52. The summed E-state index contributed by atoms with van der Waals surface area (Å²) in [4.78, 5) is 42.6. The Kier molecular flexibility index (Phi) is 5.55. The topological polar surface area (TPSA) is 104 Å². The number of aromatic amines is 1. The summed E-state index contributed by atoms with van der Waals surface area (Å²) in [5.74, 6) is -0.829. The van der Waals surface area contributed by atoms with Gasteiger partial charge in [0.25, 0.3) is 5.56 Å². The van der Waals surface area contributed by atoms with Gasteiger partial charge in [0.1, 0.15) is 11.6 Å². The maximum atomic E-state index is 12.8. The molecule has 0 saturated carbocycles. The maximum absolute atomic E-state index is 12.8. The first-order valence-electron chi connectivity index (χ1n) is 8.31. The van der Waals surface area contributed by atoms with E-state index in [2.05, 4.69) is 20.8 Å². The third kappa shape index (κ3) is 4.97. The van der Waals surface area contributed by atoms with Gasteiger partial charge >= 0.3 is 0 Å². The van der Waals surface area contributed by atoms with Crippen molar-refractivity contribution < 1.29 is 14.0 Å². The average molecular weight is 368 g/mol. The number of aromatic nitrogens is 2. The van der Waals surface area contributed by atoms with E-state index in [1.165, 1.54) is 24.3 Å². The predicted molar refractivity (Wildman–Crippen MR) is 97.1 cm³/mol. The van der Waals surface area contributed by atoms with E-state index in [1.807, 2.05) is 0 Å². The zero-order valence-corrected chi connectivity index (χ0v) is 14.3. The Balaban J connectivity index is 1.49. The number of para-hydroxylation sites is 1. The van der Waals surface area contributed by atoms with Crippen LogP contribution in [0, 0.1) is 5.82 Å². The monoisotopic (exact) mass is 368 g/mol. The Labute approximate surface area is 153 Å². The van der Waals surface area contributed by atoms with Gasteiger partial charge in [-0.3, -0.25) is 25.2 Å². The van der Waals surface area contributed by atoms with Crippen molar-refractivity contribution in [1.29, 1.82) is 0 Å². The van der Waals surface area contributed by atoms with Gasteiger partial charge in [0.15, 0.2) is 0 Å². The van der Waals surface area contributed by atoms with E-state index in [-0.39, 0.29) is 30.6 Å². The number of benzene rings is 2. The highest BCUT2D eigenvalue weighted by atomic mass is 19.1. The Morgan fingerprint density at radius 1 is 1.00 bits per heavy atom. The zero-order chi connectivity index (χ0) is 19.2. The van der Waals surface area contributed by atoms with Crippen LogP contribution in [0.5, 0.6) is 0 Å². The Bertz CT molecular complexity index is 1030. The standard InChI is InChI=1S/C19H17FN4O3/c20-13-7-5-12(6-8-13)11-18(26)24-23-17(25)10-9-16-21-15-4-2-1-3-14(15)19(27)22-16/h1-8H,9-11H2,(H,23,25)(H,24,26)(H,21,22,27). The molecule has 27 heavy (non-hydrogen) atoms. The smallest absolute Gasteiger partial charge is 0.258 e. The van der Waals surface area contributed by atoms with Crippen LogP contribution in [0.25, 0.3) is 10.9 Å². The summed E-state index contributed by atoms with van der Waals surface area (Å²) in [5, 5.41) is 0.485. The number of nitrogens with one attached hydrogen (secondary N) is 3. The molecule has 0 saturated heterocycles. The summed E-state index contributed by atoms with van der Waals surface area (Å²) in [7, 11) is 0. The Morgan fingerprint density at radius 2 is 1.70 bits per heavy atom. The summed E-state index contributed by atoms with van der Waals surface area (Å²) in [6, 6.07) is 12.5. The van der Waals surface area contributed by atoms with Crippen LogP contribution < -0.4 is 16.4 Å². The van der Waals surface area contributed by atoms with E-state index >= 15 is 0 Å². The van der Waals surface area contributed by atoms with Crippen LogP contribution in [0.1, 0.15) is 17.8 Å². The Morgan fingerprint density at radius 3 is 2.48 bits per heavy atom. The number of rotatable bonds is 5. The van der Waals surface area contributed by atoms with E-state index in [9.17, 15) is 18.8 Å². The SMILES string of the molecule is O=C(CCc1nc2ccccc2c(=O)[nH]1)NNC(=O)Cc1ccc(F)cc1. The highest BCUT2D eigenvalue weighted by Crippen LogP contribution is 2.06. The number of carbonyl (C=O) groups is 2. The highest BCUT2D eigenvalue weighted by Gasteiger charge is 2.08. The fraction of sp³-hybridized carbons (Fsp3) is 0.158. The highest BCUT2D eigenvalue weighted by molar-refractivity contribution is 5.83. The van der Waals surface area contributed by atoms with Gasteiger partial charge in [0, 0.05) is 12.8 Å². The van der Waals surface area contributed by atoms with E-state index in [4.69, 9.17) is 0 Å². The van der Waals surface area contributed by atoms with Gasteiger partial charge in [0.05, 0.1) is 17.3 Å². The lowest BCUT2D eigenvalue weighted by atomic mass is 10.1. The maximum Gasteiger partial charge on any atom is 0.258 e. The fourth-order valence-corrected chi connectivity index (χ4v) is 2.52. The van der Waals surface area contributed by atoms with Crippen LogP contribution in [0.2, 0.25) is 0 Å². The normalized spacial score (nSPS) is 10.6. The first-order valence-corrected chi connectivity index (χ1v) is 8.31. The van der Waals surface area contributed by atoms with Crippen molar-refractivity contribution in [2.45, 2.75) is 19.3 Å². The molecule has 2 aromatic carbocycles. The molecule has 1 heterocycles. The molecule has 3 N–H and O–H groups in total. The average Bonchev–Trinajstić information content (AvgIpc) is 2.66. The lowest BCUT2D eigenvalue weighted by Crippen LogP contribution is -2.42. The van der Waals surface area contributed by atoms with Crippen molar-refractivity contribution in [1.82, 2.24) is 20.8 Å². The molecule has 2 amide bonds. The molecular weight excluding hydrogens is 351 g/mol. The molecule has 1 aromatic heterocycles. The minimum absolute atomic E-state index is 0.0140. The van der Waals surface area contributed by atoms with Crippen LogP contribution in [-0.2, 0) is 22.4 Å². The summed E-state index contributed by atoms with van der Waals surface area (Å²) in [5.41, 5.74) is 5.53. The lowest BCUT2D eigenvalue weighted by Gasteiger charge is -2.07. The molecule has 0 bridgehead atoms. The number of hydrazine groups is 1. The number of nitrogens with zero attached hydrogens (tertiary/aromatic N) is 1. The summed E-state index contributed by atoms with van der Waals surface area (Å²) in [6.07, 6.45) is 0.276. The molecular formula is C19H17FN4O3. The number of amides is 2. The van der Waals surface area contributed by atoms with Gasteiger partial charge in [-0.05, 0) is 29.8 Å². The van der Waals surface area contributed by atoms with Gasteiger partial charge < -0.3 is 4.98 Å². The first-order chi connectivity index (χ1) is 13.0. The van der Waals surface area contributed by atoms with Gasteiger partial charge in [-0.25, -0.2) is 9.37 Å². The van der Waals surface area contributed by atoms with Crippen LogP contribution in [-0.4, -0.2) is 21.8 Å². The molecule has 7 nitrogen and oxygen atoms in total. The van der Waals surface area contributed by atoms with Gasteiger partial charge in [-0.15, -0.1) is 0 Å². The molecule has 0 radical (unpaired) electrons. The molecule has 8 heteroatoms. The predicted octanol–water partition coefficient (Wildman–Crippen LogP) is 1.38. The van der Waals surface area contributed by atoms with Crippen LogP contribution >= 0.6 is 0 Å². The summed E-state index contributed by atoms with van der Waals surface area (Å²) < 4.78 is 12.8. The molecule has 0 unspecified atom stereocenters. The minimum Gasteiger partial charge on any atom is -0.310 e. The quantitative estimate of drug-likeness (QED) is 0.592. The third-order valence-corrected chi connectivity index (χ3v) is 3.87. The Hall–Kier alpha value is -3.55. The number of H-pyrrole nitrogens is 1. The van der Waals surface area contributed by atoms with Crippen molar-refractivity contribution in [3.8, 4) is 0 Å². The molecule has 0 spiro atoms. The molecule has 0 aliphatic carbocycles. The molecule has 0 aliphatic heterocycles. The number of carbonyl (C=O) groups excluding carboxylic acids is 2. The van der Waals surface area contributed by atoms with Crippen LogP contribution in [0.3, 0.4) is 0 Å².